The predicted octanol–water partition coefficient (Wildman–Crippen LogP) is 8.55. The summed E-state index contributed by atoms with van der Waals surface area (Å²) in [7, 11) is -1.86. The fraction of sp³-hybridized carbons (Fsp3) is 0. The van der Waals surface area contributed by atoms with Gasteiger partial charge in [0.1, 0.15) is 5.57 Å². The third kappa shape index (κ3) is 7.24. The SMILES string of the molecule is [CH2][CH][CH2].[Pd].c1ccc(P(c2ccccc2)c2ccc3ccccc3c2-n2c(P(c3ccccc3)c3ccccc3)nc3ccccc32)cc1. The van der Waals surface area contributed by atoms with E-state index in [0.717, 1.165) is 16.6 Å². The summed E-state index contributed by atoms with van der Waals surface area (Å²) in [6.45, 7) is 6.50. The molecule has 49 heavy (non-hydrogen) atoms. The number of para-hydroxylation sites is 2. The Bertz CT molecular complexity index is 2160. The number of nitrogens with zero attached hydrogens (tertiary/aromatic N) is 2. The van der Waals surface area contributed by atoms with Crippen LogP contribution < -0.4 is 32.1 Å². The van der Waals surface area contributed by atoms with E-state index in [-0.39, 0.29) is 20.4 Å². The van der Waals surface area contributed by atoms with Crippen LogP contribution in [-0.4, -0.2) is 9.55 Å². The van der Waals surface area contributed by atoms with Crippen molar-refractivity contribution in [1.29, 1.82) is 0 Å². The standard InChI is InChI=1S/C41H30N2P2.C3H5.Pd/c1-5-18-32(19-6-1)44(33-20-7-2-8-21-33)39-30-29-31-17-13-14-26-36(31)40(39)43-38-28-16-15-27-37(38)42-41(43)45(34-22-9-3-10-23-34)35-24-11-4-12-25-35;1-3-2;/h1-30H;3H,1-2H2;. The molecule has 0 aliphatic heterocycles. The van der Waals surface area contributed by atoms with Crippen LogP contribution in [0.1, 0.15) is 0 Å². The number of rotatable bonds is 7. The molecule has 241 valence electrons. The Balaban J connectivity index is 0.00000101. The van der Waals surface area contributed by atoms with Crippen LogP contribution >= 0.6 is 15.8 Å². The first-order chi connectivity index (χ1) is 23.8. The molecule has 8 rings (SSSR count). The van der Waals surface area contributed by atoms with Gasteiger partial charge in [0.25, 0.3) is 0 Å². The van der Waals surface area contributed by atoms with Crippen molar-refractivity contribution < 1.29 is 20.4 Å². The van der Waals surface area contributed by atoms with E-state index in [1.165, 1.54) is 49.4 Å². The van der Waals surface area contributed by atoms with E-state index in [4.69, 9.17) is 4.98 Å². The van der Waals surface area contributed by atoms with Gasteiger partial charge in [-0.15, -0.1) is 0 Å². The van der Waals surface area contributed by atoms with Gasteiger partial charge in [0.05, 0.1) is 16.7 Å². The van der Waals surface area contributed by atoms with Gasteiger partial charge >= 0.3 is 0 Å². The molecule has 0 spiro atoms. The number of benzene rings is 7. The second-order valence-electron chi connectivity index (χ2n) is 11.2. The molecule has 0 amide bonds. The summed E-state index contributed by atoms with van der Waals surface area (Å²) >= 11 is 0. The molecule has 3 radical (unpaired) electrons. The molecule has 0 unspecified atom stereocenters. The smallest absolute Gasteiger partial charge is 0.146 e. The van der Waals surface area contributed by atoms with Gasteiger partial charge < -0.3 is 0 Å². The van der Waals surface area contributed by atoms with E-state index < -0.39 is 15.8 Å². The van der Waals surface area contributed by atoms with Gasteiger partial charge in [0.15, 0.2) is 0 Å². The Kier molecular flexibility index (Phi) is 11.6. The molecule has 0 bridgehead atoms. The fourth-order valence-electron chi connectivity index (χ4n) is 6.16. The molecule has 2 nitrogen and oxygen atoms in total. The van der Waals surface area contributed by atoms with Crippen molar-refractivity contribution in [3.8, 4) is 5.69 Å². The maximum atomic E-state index is 5.49. The predicted molar refractivity (Wildman–Crippen MR) is 211 cm³/mol. The normalized spacial score (nSPS) is 10.9. The number of aromatic nitrogens is 2. The molecule has 0 fully saturated rings. The quantitative estimate of drug-likeness (QED) is 0.118. The Hall–Kier alpha value is -4.21. The van der Waals surface area contributed by atoms with Crippen LogP contribution in [0.25, 0.3) is 27.5 Å². The van der Waals surface area contributed by atoms with Gasteiger partial charge in [-0.3, -0.25) is 4.57 Å². The van der Waals surface area contributed by atoms with Crippen molar-refractivity contribution in [3.05, 3.63) is 202 Å². The van der Waals surface area contributed by atoms with Crippen LogP contribution in [0.3, 0.4) is 0 Å². The third-order valence-corrected chi connectivity index (χ3v) is 12.9. The average molecular weight is 760 g/mol. The summed E-state index contributed by atoms with van der Waals surface area (Å²) in [5.74, 6) is 0. The zero-order valence-electron chi connectivity index (χ0n) is 26.9. The molecule has 0 aliphatic rings. The van der Waals surface area contributed by atoms with Crippen molar-refractivity contribution in [2.45, 2.75) is 0 Å². The molecule has 1 aromatic heterocycles. The number of fused-ring (bicyclic) bond motifs is 2. The molecule has 1 heterocycles. The average Bonchev–Trinajstić information content (AvgIpc) is 3.52. The van der Waals surface area contributed by atoms with Crippen LogP contribution in [0, 0.1) is 20.3 Å². The Morgan fingerprint density at radius 3 is 1.43 bits per heavy atom. The molecule has 0 atom stereocenters. The summed E-state index contributed by atoms with van der Waals surface area (Å²) < 4.78 is 2.50. The Morgan fingerprint density at radius 1 is 0.469 bits per heavy atom. The van der Waals surface area contributed by atoms with Crippen LogP contribution in [0.15, 0.2) is 182 Å². The second kappa shape index (κ2) is 16.5. The molecule has 0 saturated carbocycles. The maximum absolute atomic E-state index is 5.49. The van der Waals surface area contributed by atoms with E-state index in [1.54, 1.807) is 0 Å². The molecule has 7 aromatic carbocycles. The van der Waals surface area contributed by atoms with Gasteiger partial charge in [-0.1, -0.05) is 170 Å². The van der Waals surface area contributed by atoms with Crippen LogP contribution in [-0.2, 0) is 20.4 Å². The molecular formula is C44H35N2P2Pd. The number of imidazole rings is 1. The summed E-state index contributed by atoms with van der Waals surface area (Å²) in [6.07, 6.45) is 1.50. The minimum absolute atomic E-state index is 0. The molecule has 8 aromatic rings. The second-order valence-corrected chi connectivity index (χ2v) is 15.5. The first-order valence-corrected chi connectivity index (χ1v) is 18.7. The largest absolute Gasteiger partial charge is 0.291 e. The molecule has 0 saturated heterocycles. The first-order valence-electron chi connectivity index (χ1n) is 16.0. The van der Waals surface area contributed by atoms with E-state index in [1.807, 2.05) is 0 Å². The van der Waals surface area contributed by atoms with Gasteiger partial charge in [-0.25, -0.2) is 4.98 Å². The van der Waals surface area contributed by atoms with E-state index >= 15 is 0 Å². The molecular weight excluding hydrogens is 725 g/mol. The summed E-state index contributed by atoms with van der Waals surface area (Å²) in [6, 6.07) is 65.9. The van der Waals surface area contributed by atoms with Crippen molar-refractivity contribution in [1.82, 2.24) is 9.55 Å². The summed E-state index contributed by atoms with van der Waals surface area (Å²) in [5, 5.41) is 9.00. The maximum Gasteiger partial charge on any atom is 0.146 e. The zero-order valence-corrected chi connectivity index (χ0v) is 30.3. The first kappa shape index (κ1) is 34.6. The van der Waals surface area contributed by atoms with Crippen LogP contribution in [0.4, 0.5) is 0 Å². The Labute approximate surface area is 306 Å². The van der Waals surface area contributed by atoms with E-state index in [0.29, 0.717) is 0 Å². The van der Waals surface area contributed by atoms with Crippen molar-refractivity contribution >= 4 is 69.7 Å². The van der Waals surface area contributed by atoms with E-state index in [2.05, 4.69) is 200 Å². The summed E-state index contributed by atoms with van der Waals surface area (Å²) in [4.78, 5) is 5.49. The number of hydrogen-bond donors (Lipinski definition) is 0. The Morgan fingerprint density at radius 2 is 0.898 bits per heavy atom. The monoisotopic (exact) mass is 759 g/mol. The van der Waals surface area contributed by atoms with Gasteiger partial charge in [-0.2, -0.15) is 0 Å². The van der Waals surface area contributed by atoms with Crippen LogP contribution in [0.2, 0.25) is 0 Å². The fourth-order valence-corrected chi connectivity index (χ4v) is 10.9. The van der Waals surface area contributed by atoms with Gasteiger partial charge in [0.2, 0.25) is 0 Å². The minimum Gasteiger partial charge on any atom is -0.291 e. The molecule has 5 heteroatoms. The topological polar surface area (TPSA) is 17.8 Å². The van der Waals surface area contributed by atoms with Crippen molar-refractivity contribution in [3.63, 3.8) is 0 Å². The van der Waals surface area contributed by atoms with Crippen LogP contribution in [0.5, 0.6) is 0 Å². The van der Waals surface area contributed by atoms with Gasteiger partial charge in [0, 0.05) is 39.0 Å². The molecule has 0 aliphatic carbocycles. The summed E-state index contributed by atoms with van der Waals surface area (Å²) in [5.41, 5.74) is 4.43. The zero-order chi connectivity index (χ0) is 32.7. The van der Waals surface area contributed by atoms with Crippen molar-refractivity contribution in [2.75, 3.05) is 0 Å². The van der Waals surface area contributed by atoms with Crippen molar-refractivity contribution in [2.24, 2.45) is 0 Å². The molecule has 0 N–H and O–H groups in total. The van der Waals surface area contributed by atoms with Gasteiger partial charge in [-0.05, 0) is 66.9 Å². The third-order valence-electron chi connectivity index (χ3n) is 8.14. The van der Waals surface area contributed by atoms with E-state index in [9.17, 15) is 0 Å². The minimum atomic E-state index is -0.974. The number of hydrogen-bond acceptors (Lipinski definition) is 1.